The first kappa shape index (κ1) is 17.2. The van der Waals surface area contributed by atoms with Crippen molar-refractivity contribution < 1.29 is 14.0 Å². The summed E-state index contributed by atoms with van der Waals surface area (Å²) in [5.74, 6) is -0.479. The molecule has 0 bridgehead atoms. The van der Waals surface area contributed by atoms with Crippen LogP contribution in [0.25, 0.3) is 12.2 Å². The van der Waals surface area contributed by atoms with Crippen LogP contribution in [0.2, 0.25) is 0 Å². The maximum absolute atomic E-state index is 12.5. The summed E-state index contributed by atoms with van der Waals surface area (Å²) in [7, 11) is 3.40. The van der Waals surface area contributed by atoms with Crippen molar-refractivity contribution in [1.82, 2.24) is 15.2 Å². The van der Waals surface area contributed by atoms with Crippen LogP contribution in [-0.4, -0.2) is 49.4 Å². The largest absolute Gasteiger partial charge is 0.382 e. The van der Waals surface area contributed by atoms with E-state index in [1.165, 1.54) is 18.3 Å². The molecule has 0 fully saturated rings. The topological polar surface area (TPSA) is 89.0 Å². The molecule has 0 radical (unpaired) electrons. The molecule has 6 nitrogen and oxygen atoms in total. The maximum Gasteiger partial charge on any atom is 0.221 e. The third-order valence-corrected chi connectivity index (χ3v) is 2.68. The van der Waals surface area contributed by atoms with E-state index in [4.69, 9.17) is 5.26 Å². The van der Waals surface area contributed by atoms with Gasteiger partial charge in [-0.3, -0.25) is 9.59 Å². The number of aromatic amines is 1. The minimum absolute atomic E-state index is 0.0318. The number of allylic oxidation sites excluding steroid dienone is 1. The Balaban J connectivity index is 3.27. The summed E-state index contributed by atoms with van der Waals surface area (Å²) in [5, 5.41) is 12.5. The highest BCUT2D eigenvalue weighted by atomic mass is 19.1. The molecule has 0 atom stereocenters. The summed E-state index contributed by atoms with van der Waals surface area (Å²) >= 11 is 0. The molecule has 0 saturated carbocycles. The Labute approximate surface area is 127 Å². The number of aromatic nitrogens is 1. The summed E-state index contributed by atoms with van der Waals surface area (Å²) in [4.78, 5) is 26.9. The number of rotatable bonds is 7. The second kappa shape index (κ2) is 8.42. The number of H-pyrrole nitrogens is 1. The molecular weight excluding hydrogens is 287 g/mol. The number of carbonyl (C=O) groups excluding carboxylic acids is 2. The third kappa shape index (κ3) is 4.59. The molecule has 2 N–H and O–H groups in total. The lowest BCUT2D eigenvalue weighted by Gasteiger charge is -2.04. The molecule has 116 valence electrons. The van der Waals surface area contributed by atoms with Gasteiger partial charge >= 0.3 is 0 Å². The summed E-state index contributed by atoms with van der Waals surface area (Å²) in [6.45, 7) is -0.449. The molecule has 1 rings (SSSR count). The molecule has 1 amide bonds. The zero-order valence-electron chi connectivity index (χ0n) is 12.4. The van der Waals surface area contributed by atoms with Crippen LogP contribution in [0, 0.1) is 11.3 Å². The van der Waals surface area contributed by atoms with Crippen LogP contribution in [0.15, 0.2) is 17.8 Å². The van der Waals surface area contributed by atoms with Crippen molar-refractivity contribution >= 4 is 24.3 Å². The highest BCUT2D eigenvalue weighted by Gasteiger charge is 2.14. The number of carbonyl (C=O) groups is 2. The molecule has 0 aromatic carbocycles. The first-order valence-electron chi connectivity index (χ1n) is 6.49. The van der Waals surface area contributed by atoms with Crippen LogP contribution in [0.5, 0.6) is 0 Å². The van der Waals surface area contributed by atoms with Gasteiger partial charge in [0.1, 0.15) is 18.3 Å². The quantitative estimate of drug-likeness (QED) is 0.232. The fraction of sp³-hybridized carbons (Fsp3) is 0.267. The Morgan fingerprint density at radius 2 is 2.23 bits per heavy atom. The lowest BCUT2D eigenvalue weighted by molar-refractivity contribution is -0.109. The van der Waals surface area contributed by atoms with Crippen LogP contribution >= 0.6 is 0 Å². The number of Topliss-reactive ketones (excluding diaryl/α,β-unsaturated/α-hetero) is 1. The Kier molecular flexibility index (Phi) is 6.57. The molecule has 0 saturated heterocycles. The number of hydrogen-bond acceptors (Lipinski definition) is 4. The maximum atomic E-state index is 12.5. The predicted octanol–water partition coefficient (Wildman–Crippen LogP) is -0.557. The van der Waals surface area contributed by atoms with Crippen molar-refractivity contribution in [3.63, 3.8) is 0 Å². The standard InChI is InChI=1S/C15H17FN4O2/c1-20(2)9-12(8-17)15(22)14-7-11(3-5-16)13(19-14)4-6-18-10-21/h3-4,7,9-10,19H,5-6H2,1-2H3,(H,18,21)/b11-3-,12-9+,13-4+. The second-order valence-corrected chi connectivity index (χ2v) is 4.59. The molecule has 1 heterocycles. The Morgan fingerprint density at radius 1 is 1.50 bits per heavy atom. The molecule has 0 aliphatic carbocycles. The Bertz CT molecular complexity index is 726. The molecule has 0 spiro atoms. The SMILES string of the molecule is CN(C)/C=C(\C#N)C(=O)c1cc(=C/CF)/c(=C\CNC=O)[nH]1. The van der Waals surface area contributed by atoms with Gasteiger partial charge < -0.3 is 15.2 Å². The Morgan fingerprint density at radius 3 is 2.77 bits per heavy atom. The molecule has 0 aliphatic rings. The average Bonchev–Trinajstić information content (AvgIpc) is 2.88. The van der Waals surface area contributed by atoms with Crippen molar-refractivity contribution in [2.45, 2.75) is 0 Å². The van der Waals surface area contributed by atoms with Gasteiger partial charge in [0, 0.05) is 32.2 Å². The number of halogens is 1. The van der Waals surface area contributed by atoms with Gasteiger partial charge in [-0.2, -0.15) is 5.26 Å². The second-order valence-electron chi connectivity index (χ2n) is 4.59. The highest BCUT2D eigenvalue weighted by Crippen LogP contribution is 2.03. The normalized spacial score (nSPS) is 12.9. The fourth-order valence-electron chi connectivity index (χ4n) is 1.78. The Hall–Kier alpha value is -2.88. The summed E-state index contributed by atoms with van der Waals surface area (Å²) < 4.78 is 12.5. The first-order valence-corrected chi connectivity index (χ1v) is 6.49. The number of ketones is 1. The summed E-state index contributed by atoms with van der Waals surface area (Å²) in [5.41, 5.74) is 0.155. The number of alkyl halides is 1. The molecule has 22 heavy (non-hydrogen) atoms. The van der Waals surface area contributed by atoms with E-state index in [2.05, 4.69) is 10.3 Å². The lowest BCUT2D eigenvalue weighted by Crippen LogP contribution is -2.25. The van der Waals surface area contributed by atoms with E-state index >= 15 is 0 Å². The molecular formula is C15H17FN4O2. The van der Waals surface area contributed by atoms with Gasteiger partial charge in [-0.15, -0.1) is 0 Å². The van der Waals surface area contributed by atoms with E-state index in [0.717, 1.165) is 0 Å². The van der Waals surface area contributed by atoms with Crippen molar-refractivity contribution in [3.05, 3.63) is 34.1 Å². The van der Waals surface area contributed by atoms with E-state index < -0.39 is 12.5 Å². The minimum Gasteiger partial charge on any atom is -0.382 e. The van der Waals surface area contributed by atoms with Crippen molar-refractivity contribution in [3.8, 4) is 6.07 Å². The van der Waals surface area contributed by atoms with Crippen molar-refractivity contribution in [2.75, 3.05) is 27.3 Å². The number of nitrogens with one attached hydrogen (secondary N) is 2. The van der Waals surface area contributed by atoms with E-state index in [1.54, 1.807) is 25.1 Å². The number of hydrogen-bond donors (Lipinski definition) is 2. The van der Waals surface area contributed by atoms with Gasteiger partial charge in [0.2, 0.25) is 12.2 Å². The monoisotopic (exact) mass is 304 g/mol. The van der Waals surface area contributed by atoms with E-state index in [9.17, 15) is 14.0 Å². The zero-order chi connectivity index (χ0) is 16.5. The van der Waals surface area contributed by atoms with Gasteiger partial charge in [0.15, 0.2) is 0 Å². The van der Waals surface area contributed by atoms with Gasteiger partial charge in [0.05, 0.1) is 5.69 Å². The molecule has 1 aromatic rings. The summed E-state index contributed by atoms with van der Waals surface area (Å²) in [6.07, 6.45) is 4.88. The zero-order valence-corrected chi connectivity index (χ0v) is 12.4. The number of nitrogens with zero attached hydrogens (tertiary/aromatic N) is 2. The lowest BCUT2D eigenvalue weighted by atomic mass is 10.1. The van der Waals surface area contributed by atoms with Gasteiger partial charge in [-0.1, -0.05) is 0 Å². The van der Waals surface area contributed by atoms with Crippen LogP contribution in [-0.2, 0) is 4.79 Å². The highest BCUT2D eigenvalue weighted by molar-refractivity contribution is 6.10. The molecule has 0 unspecified atom stereocenters. The van der Waals surface area contributed by atoms with E-state index in [0.29, 0.717) is 17.0 Å². The van der Waals surface area contributed by atoms with Crippen LogP contribution in [0.3, 0.4) is 0 Å². The summed E-state index contributed by atoms with van der Waals surface area (Å²) in [6, 6.07) is 3.32. The minimum atomic E-state index is -0.688. The van der Waals surface area contributed by atoms with E-state index in [1.807, 2.05) is 6.07 Å². The van der Waals surface area contributed by atoms with Crippen LogP contribution in [0.4, 0.5) is 4.39 Å². The van der Waals surface area contributed by atoms with Gasteiger partial charge in [-0.25, -0.2) is 4.39 Å². The number of amides is 1. The van der Waals surface area contributed by atoms with Gasteiger partial charge in [-0.05, 0) is 23.4 Å². The van der Waals surface area contributed by atoms with E-state index in [-0.39, 0.29) is 17.8 Å². The van der Waals surface area contributed by atoms with Crippen molar-refractivity contribution in [2.24, 2.45) is 0 Å². The average molecular weight is 304 g/mol. The molecule has 0 aliphatic heterocycles. The third-order valence-electron chi connectivity index (χ3n) is 2.68. The van der Waals surface area contributed by atoms with Crippen LogP contribution in [0.1, 0.15) is 10.5 Å². The predicted molar refractivity (Wildman–Crippen MR) is 80.7 cm³/mol. The first-order chi connectivity index (χ1) is 10.5. The van der Waals surface area contributed by atoms with Crippen LogP contribution < -0.4 is 15.9 Å². The molecule has 1 aromatic heterocycles. The molecule has 7 heteroatoms. The smallest absolute Gasteiger partial charge is 0.221 e. The van der Waals surface area contributed by atoms with Crippen molar-refractivity contribution in [1.29, 1.82) is 5.26 Å². The fourth-order valence-corrected chi connectivity index (χ4v) is 1.78. The van der Waals surface area contributed by atoms with Gasteiger partial charge in [0.25, 0.3) is 0 Å². The number of nitriles is 1.